The van der Waals surface area contributed by atoms with Gasteiger partial charge in [0.1, 0.15) is 5.82 Å². The molecule has 140 valence electrons. The average molecular weight is 393 g/mol. The van der Waals surface area contributed by atoms with Crippen LogP contribution in [0.5, 0.6) is 0 Å². The van der Waals surface area contributed by atoms with Gasteiger partial charge in [-0.3, -0.25) is 9.59 Å². The highest BCUT2D eigenvalue weighted by Crippen LogP contribution is 2.34. The molecule has 0 spiro atoms. The normalized spacial score (nSPS) is 13.0. The van der Waals surface area contributed by atoms with Crippen molar-refractivity contribution in [3.05, 3.63) is 70.9 Å². The molecule has 4 rings (SSSR count). The second-order valence-electron chi connectivity index (χ2n) is 6.75. The van der Waals surface area contributed by atoms with Crippen molar-refractivity contribution in [2.75, 3.05) is 12.3 Å². The van der Waals surface area contributed by atoms with Crippen LogP contribution in [-0.2, 0) is 11.3 Å². The summed E-state index contributed by atoms with van der Waals surface area (Å²) in [6, 6.07) is 11.5. The van der Waals surface area contributed by atoms with Gasteiger partial charge in [-0.05, 0) is 40.1 Å². The molecular weight excluding hydrogens is 376 g/mol. The van der Waals surface area contributed by atoms with Gasteiger partial charge >= 0.3 is 0 Å². The molecule has 2 heterocycles. The first-order valence-corrected chi connectivity index (χ1v) is 8.97. The molecule has 4 N–H and O–H groups in total. The second-order valence-corrected chi connectivity index (χ2v) is 7.15. The predicted molar refractivity (Wildman–Crippen MR) is 110 cm³/mol. The van der Waals surface area contributed by atoms with Crippen LogP contribution >= 0.6 is 11.6 Å². The lowest BCUT2D eigenvalue weighted by Gasteiger charge is -2.15. The molecule has 2 aromatic carbocycles. The van der Waals surface area contributed by atoms with Gasteiger partial charge in [-0.1, -0.05) is 36.4 Å². The Morgan fingerprint density at radius 2 is 1.96 bits per heavy atom. The van der Waals surface area contributed by atoms with Gasteiger partial charge < -0.3 is 16.4 Å². The molecule has 7 heteroatoms. The topological polar surface area (TPSA) is 102 Å². The number of carbonyl (C=O) groups is 2. The molecule has 6 nitrogen and oxygen atoms in total. The number of benzene rings is 2. The van der Waals surface area contributed by atoms with E-state index in [0.29, 0.717) is 17.1 Å². The summed E-state index contributed by atoms with van der Waals surface area (Å²) >= 11 is 6.10. The monoisotopic (exact) mass is 392 g/mol. The summed E-state index contributed by atoms with van der Waals surface area (Å²) < 4.78 is 0. The van der Waals surface area contributed by atoms with Crippen molar-refractivity contribution in [1.29, 1.82) is 0 Å². The van der Waals surface area contributed by atoms with Crippen LogP contribution in [0.2, 0.25) is 5.02 Å². The molecule has 3 aromatic rings. The van der Waals surface area contributed by atoms with Crippen LogP contribution in [0.25, 0.3) is 21.9 Å². The summed E-state index contributed by atoms with van der Waals surface area (Å²) in [5, 5.41) is 2.37. The zero-order valence-electron chi connectivity index (χ0n) is 14.9. The lowest BCUT2D eigenvalue weighted by atomic mass is 9.97. The summed E-state index contributed by atoms with van der Waals surface area (Å²) in [5.74, 6) is -0.464. The maximum atomic E-state index is 12.7. The number of nitrogen functional groups attached to an aromatic ring is 1. The first-order valence-electron chi connectivity index (χ1n) is 8.59. The standard InChI is InChI=1S/C21H17ClN4O2/c1-11(20(24)27)9-26-10-17-15(21(26)28)5-4-12-2-3-13(6-16(12)17)14-7-18(22)19(23)25-8-14/h2-8H,1,9-10H2,(H2,23,25)(H2,24,27). The quantitative estimate of drug-likeness (QED) is 0.666. The average Bonchev–Trinajstić information content (AvgIpc) is 2.99. The number of halogens is 1. The molecule has 0 aliphatic carbocycles. The Morgan fingerprint density at radius 1 is 1.21 bits per heavy atom. The van der Waals surface area contributed by atoms with Gasteiger partial charge in [0.2, 0.25) is 5.91 Å². The Hall–Kier alpha value is -3.38. The highest BCUT2D eigenvalue weighted by atomic mass is 35.5. The molecule has 2 amide bonds. The summed E-state index contributed by atoms with van der Waals surface area (Å²) in [6.07, 6.45) is 1.67. The fraction of sp³-hybridized carbons (Fsp3) is 0.0952. The number of hydrogen-bond acceptors (Lipinski definition) is 4. The number of nitrogens with two attached hydrogens (primary N) is 2. The van der Waals surface area contributed by atoms with E-state index in [-0.39, 0.29) is 23.8 Å². The highest BCUT2D eigenvalue weighted by Gasteiger charge is 2.29. The third-order valence-corrected chi connectivity index (χ3v) is 5.24. The number of rotatable bonds is 4. The minimum atomic E-state index is -0.608. The van der Waals surface area contributed by atoms with E-state index in [1.165, 1.54) is 0 Å². The van der Waals surface area contributed by atoms with Crippen molar-refractivity contribution >= 4 is 40.0 Å². The van der Waals surface area contributed by atoms with E-state index in [9.17, 15) is 9.59 Å². The zero-order valence-corrected chi connectivity index (χ0v) is 15.7. The molecule has 0 bridgehead atoms. The van der Waals surface area contributed by atoms with Gasteiger partial charge in [0, 0.05) is 29.4 Å². The Bertz CT molecular complexity index is 1170. The van der Waals surface area contributed by atoms with Crippen molar-refractivity contribution in [3.63, 3.8) is 0 Å². The van der Waals surface area contributed by atoms with E-state index in [0.717, 1.165) is 27.5 Å². The smallest absolute Gasteiger partial charge is 0.254 e. The number of pyridine rings is 1. The third-order valence-electron chi connectivity index (χ3n) is 4.93. The first-order chi connectivity index (χ1) is 13.3. The third kappa shape index (κ3) is 2.97. The zero-order chi connectivity index (χ0) is 20.0. The molecule has 1 aliphatic heterocycles. The van der Waals surface area contributed by atoms with Crippen LogP contribution in [0.15, 0.2) is 54.7 Å². The highest BCUT2D eigenvalue weighted by molar-refractivity contribution is 6.33. The molecule has 0 radical (unpaired) electrons. The lowest BCUT2D eigenvalue weighted by Crippen LogP contribution is -2.30. The van der Waals surface area contributed by atoms with E-state index >= 15 is 0 Å². The predicted octanol–water partition coefficient (Wildman–Crippen LogP) is 3.13. The first kappa shape index (κ1) is 18.0. The Kier molecular flexibility index (Phi) is 4.28. The molecule has 28 heavy (non-hydrogen) atoms. The van der Waals surface area contributed by atoms with Crippen LogP contribution in [-0.4, -0.2) is 28.2 Å². The SMILES string of the molecule is C=C(CN1Cc2c(ccc3ccc(-c4cnc(N)c(Cl)c4)cc23)C1=O)C(N)=O. The van der Waals surface area contributed by atoms with E-state index in [4.69, 9.17) is 23.1 Å². The Balaban J connectivity index is 1.77. The van der Waals surface area contributed by atoms with E-state index in [1.807, 2.05) is 30.3 Å². The molecule has 1 aromatic heterocycles. The van der Waals surface area contributed by atoms with Crippen molar-refractivity contribution in [2.24, 2.45) is 5.73 Å². The van der Waals surface area contributed by atoms with Gasteiger partial charge in [-0.25, -0.2) is 4.98 Å². The van der Waals surface area contributed by atoms with E-state index in [1.54, 1.807) is 17.2 Å². The van der Waals surface area contributed by atoms with Crippen molar-refractivity contribution in [2.45, 2.75) is 6.54 Å². The van der Waals surface area contributed by atoms with Gasteiger partial charge in [0.05, 0.1) is 11.6 Å². The largest absolute Gasteiger partial charge is 0.382 e. The van der Waals surface area contributed by atoms with Crippen molar-refractivity contribution in [1.82, 2.24) is 9.88 Å². The van der Waals surface area contributed by atoms with E-state index in [2.05, 4.69) is 11.6 Å². The molecule has 0 fully saturated rings. The van der Waals surface area contributed by atoms with Gasteiger partial charge in [-0.15, -0.1) is 0 Å². The summed E-state index contributed by atoms with van der Waals surface area (Å²) in [7, 11) is 0. The van der Waals surface area contributed by atoms with Crippen LogP contribution < -0.4 is 11.5 Å². The summed E-state index contributed by atoms with van der Waals surface area (Å²) in [4.78, 5) is 29.7. The number of amides is 2. The minimum absolute atomic E-state index is 0.113. The number of nitrogens with zero attached hydrogens (tertiary/aromatic N) is 2. The van der Waals surface area contributed by atoms with Crippen LogP contribution in [0.4, 0.5) is 5.82 Å². The van der Waals surface area contributed by atoms with Gasteiger partial charge in [0.25, 0.3) is 5.91 Å². The summed E-state index contributed by atoms with van der Waals surface area (Å²) in [6.45, 7) is 4.15. The molecular formula is C21H17ClN4O2. The van der Waals surface area contributed by atoms with E-state index < -0.39 is 5.91 Å². The Morgan fingerprint density at radius 3 is 2.68 bits per heavy atom. The maximum absolute atomic E-state index is 12.7. The molecule has 0 saturated heterocycles. The lowest BCUT2D eigenvalue weighted by molar-refractivity contribution is -0.114. The van der Waals surface area contributed by atoms with Gasteiger partial charge in [0.15, 0.2) is 0 Å². The van der Waals surface area contributed by atoms with Crippen molar-refractivity contribution in [3.8, 4) is 11.1 Å². The second kappa shape index (κ2) is 6.65. The number of hydrogen-bond donors (Lipinski definition) is 2. The van der Waals surface area contributed by atoms with Crippen LogP contribution in [0.3, 0.4) is 0 Å². The van der Waals surface area contributed by atoms with Crippen molar-refractivity contribution < 1.29 is 9.59 Å². The summed E-state index contributed by atoms with van der Waals surface area (Å²) in [5.41, 5.74) is 14.4. The molecule has 0 atom stereocenters. The van der Waals surface area contributed by atoms with Crippen LogP contribution in [0.1, 0.15) is 15.9 Å². The number of anilines is 1. The molecule has 1 aliphatic rings. The number of aromatic nitrogens is 1. The number of primary amides is 1. The van der Waals surface area contributed by atoms with Gasteiger partial charge in [-0.2, -0.15) is 0 Å². The number of fused-ring (bicyclic) bond motifs is 3. The molecule has 0 saturated carbocycles. The van der Waals surface area contributed by atoms with Crippen LogP contribution in [0, 0.1) is 0 Å². The molecule has 0 unspecified atom stereocenters. The minimum Gasteiger partial charge on any atom is -0.382 e. The Labute approximate surface area is 166 Å². The fourth-order valence-corrected chi connectivity index (χ4v) is 3.57. The maximum Gasteiger partial charge on any atom is 0.254 e. The number of carbonyl (C=O) groups excluding carboxylic acids is 2. The fourth-order valence-electron chi connectivity index (χ4n) is 3.41.